The van der Waals surface area contributed by atoms with Crippen LogP contribution in [0.25, 0.3) is 0 Å². The molecule has 3 aromatic rings. The Morgan fingerprint density at radius 2 is 1.94 bits per heavy atom. The van der Waals surface area contributed by atoms with Crippen LogP contribution in [0, 0.1) is 5.92 Å². The second kappa shape index (κ2) is 11.1. The van der Waals surface area contributed by atoms with Gasteiger partial charge < -0.3 is 15.2 Å². The second-order valence-electron chi connectivity index (χ2n) is 7.44. The Kier molecular flexibility index (Phi) is 8.25. The van der Waals surface area contributed by atoms with Gasteiger partial charge in [-0.05, 0) is 42.2 Å². The molecule has 164 valence electrons. The van der Waals surface area contributed by atoms with Crippen LogP contribution in [-0.2, 0) is 13.0 Å². The van der Waals surface area contributed by atoms with Crippen LogP contribution in [0.15, 0.2) is 46.9 Å². The Morgan fingerprint density at radius 1 is 1.13 bits per heavy atom. The van der Waals surface area contributed by atoms with Gasteiger partial charge in [0.2, 0.25) is 0 Å². The van der Waals surface area contributed by atoms with Gasteiger partial charge >= 0.3 is 0 Å². The minimum Gasteiger partial charge on any atom is -0.352 e. The monoisotopic (exact) mass is 457 g/mol. The molecule has 0 unspecified atom stereocenters. The van der Waals surface area contributed by atoms with Crippen LogP contribution < -0.4 is 10.6 Å². The van der Waals surface area contributed by atoms with Crippen molar-refractivity contribution in [2.75, 3.05) is 18.1 Å². The average Bonchev–Trinajstić information content (AvgIpc) is 3.41. The van der Waals surface area contributed by atoms with E-state index in [1.807, 2.05) is 17.7 Å². The van der Waals surface area contributed by atoms with Crippen LogP contribution in [0.3, 0.4) is 0 Å². The molecule has 0 fully saturated rings. The topological polar surface area (TPSA) is 88.9 Å². The number of nitrogens with one attached hydrogen (secondary N) is 2. The van der Waals surface area contributed by atoms with Gasteiger partial charge in [-0.25, -0.2) is 0 Å². The number of carbonyl (C=O) groups is 2. The van der Waals surface area contributed by atoms with Crippen molar-refractivity contribution in [3.8, 4) is 0 Å². The molecular formula is C22H27N5O2S2. The SMILES string of the molecule is CSc1nnc(CCCNC(=O)c2ccccc2NC(=O)c2cccs2)n1CC(C)C. The van der Waals surface area contributed by atoms with Crippen molar-refractivity contribution in [1.82, 2.24) is 20.1 Å². The van der Waals surface area contributed by atoms with E-state index in [0.29, 0.717) is 28.6 Å². The molecule has 31 heavy (non-hydrogen) atoms. The van der Waals surface area contributed by atoms with Gasteiger partial charge in [-0.15, -0.1) is 21.5 Å². The lowest BCUT2D eigenvalue weighted by molar-refractivity contribution is 0.0954. The third-order valence-electron chi connectivity index (χ3n) is 4.55. The molecule has 0 aliphatic rings. The van der Waals surface area contributed by atoms with Gasteiger partial charge in [0.15, 0.2) is 5.16 Å². The Labute approximate surface area is 190 Å². The number of aryl methyl sites for hydroxylation is 1. The van der Waals surface area contributed by atoms with Gasteiger partial charge in [0.1, 0.15) is 5.82 Å². The first-order chi connectivity index (χ1) is 15.0. The van der Waals surface area contributed by atoms with Crippen molar-refractivity contribution < 1.29 is 9.59 Å². The van der Waals surface area contributed by atoms with Crippen LogP contribution in [0.1, 0.15) is 46.1 Å². The molecular weight excluding hydrogens is 430 g/mol. The summed E-state index contributed by atoms with van der Waals surface area (Å²) in [5.41, 5.74) is 0.944. The molecule has 0 saturated carbocycles. The third-order valence-corrected chi connectivity index (χ3v) is 6.09. The van der Waals surface area contributed by atoms with Crippen LogP contribution in [0.4, 0.5) is 5.69 Å². The second-order valence-corrected chi connectivity index (χ2v) is 9.16. The Morgan fingerprint density at radius 3 is 2.65 bits per heavy atom. The number of rotatable bonds is 10. The van der Waals surface area contributed by atoms with E-state index >= 15 is 0 Å². The molecule has 0 spiro atoms. The van der Waals surface area contributed by atoms with E-state index in [-0.39, 0.29) is 11.8 Å². The molecule has 1 aromatic carbocycles. The zero-order valence-corrected chi connectivity index (χ0v) is 19.6. The maximum absolute atomic E-state index is 12.7. The average molecular weight is 458 g/mol. The molecule has 3 rings (SSSR count). The van der Waals surface area contributed by atoms with Gasteiger partial charge in [0.05, 0.1) is 16.1 Å². The first-order valence-electron chi connectivity index (χ1n) is 10.2. The number of amides is 2. The van der Waals surface area contributed by atoms with Crippen molar-refractivity contribution in [1.29, 1.82) is 0 Å². The van der Waals surface area contributed by atoms with Gasteiger partial charge in [0.25, 0.3) is 11.8 Å². The smallest absolute Gasteiger partial charge is 0.265 e. The lowest BCUT2D eigenvalue weighted by atomic mass is 10.1. The maximum Gasteiger partial charge on any atom is 0.265 e. The Hall–Kier alpha value is -2.65. The van der Waals surface area contributed by atoms with Crippen LogP contribution >= 0.6 is 23.1 Å². The first kappa shape index (κ1) is 23.0. The minimum atomic E-state index is -0.218. The quantitative estimate of drug-likeness (QED) is 0.349. The summed E-state index contributed by atoms with van der Waals surface area (Å²) in [7, 11) is 0. The number of para-hydroxylation sites is 1. The van der Waals surface area contributed by atoms with Gasteiger partial charge in [-0.2, -0.15) is 0 Å². The molecule has 7 nitrogen and oxygen atoms in total. The highest BCUT2D eigenvalue weighted by atomic mass is 32.2. The van der Waals surface area contributed by atoms with E-state index < -0.39 is 0 Å². The summed E-state index contributed by atoms with van der Waals surface area (Å²) in [6.07, 6.45) is 3.48. The van der Waals surface area contributed by atoms with E-state index in [9.17, 15) is 9.59 Å². The van der Waals surface area contributed by atoms with Crippen molar-refractivity contribution in [3.63, 3.8) is 0 Å². The van der Waals surface area contributed by atoms with E-state index in [2.05, 4.69) is 39.2 Å². The number of thiophene rings is 1. The van der Waals surface area contributed by atoms with Crippen molar-refractivity contribution in [2.24, 2.45) is 5.92 Å². The summed E-state index contributed by atoms with van der Waals surface area (Å²) in [5.74, 6) is 1.01. The van der Waals surface area contributed by atoms with Crippen LogP contribution in [-0.4, -0.2) is 39.4 Å². The number of anilines is 1. The molecule has 0 aliphatic carbocycles. The predicted octanol–water partition coefficient (Wildman–Crippen LogP) is 4.33. The van der Waals surface area contributed by atoms with E-state index in [0.717, 1.165) is 30.4 Å². The highest BCUT2D eigenvalue weighted by Gasteiger charge is 2.15. The molecule has 2 heterocycles. The molecule has 0 aliphatic heterocycles. The zero-order chi connectivity index (χ0) is 22.2. The summed E-state index contributed by atoms with van der Waals surface area (Å²) in [6, 6.07) is 10.6. The molecule has 0 atom stereocenters. The van der Waals surface area contributed by atoms with Crippen molar-refractivity contribution in [3.05, 3.63) is 58.0 Å². The number of thioether (sulfide) groups is 1. The normalized spacial score (nSPS) is 11.0. The molecule has 2 N–H and O–H groups in total. The zero-order valence-electron chi connectivity index (χ0n) is 17.9. The number of carbonyl (C=O) groups excluding carboxylic acids is 2. The lowest BCUT2D eigenvalue weighted by Crippen LogP contribution is -2.26. The molecule has 2 aromatic heterocycles. The van der Waals surface area contributed by atoms with Gasteiger partial charge in [0, 0.05) is 19.5 Å². The number of aromatic nitrogens is 3. The highest BCUT2D eigenvalue weighted by Crippen LogP contribution is 2.19. The van der Waals surface area contributed by atoms with Crippen LogP contribution in [0.5, 0.6) is 0 Å². The summed E-state index contributed by atoms with van der Waals surface area (Å²) >= 11 is 2.95. The van der Waals surface area contributed by atoms with Gasteiger partial charge in [-0.1, -0.05) is 43.8 Å². The first-order valence-corrected chi connectivity index (χ1v) is 12.3. The number of hydrogen-bond donors (Lipinski definition) is 2. The summed E-state index contributed by atoms with van der Waals surface area (Å²) in [6.45, 7) is 5.73. The van der Waals surface area contributed by atoms with Crippen molar-refractivity contribution in [2.45, 2.75) is 38.4 Å². The number of hydrogen-bond acceptors (Lipinski definition) is 6. The predicted molar refractivity (Wildman–Crippen MR) is 126 cm³/mol. The lowest BCUT2D eigenvalue weighted by Gasteiger charge is -2.12. The molecule has 0 bridgehead atoms. The summed E-state index contributed by atoms with van der Waals surface area (Å²) in [4.78, 5) is 25.7. The van der Waals surface area contributed by atoms with Crippen LogP contribution in [0.2, 0.25) is 0 Å². The van der Waals surface area contributed by atoms with Crippen molar-refractivity contribution >= 4 is 40.6 Å². The van der Waals surface area contributed by atoms with E-state index in [1.54, 1.807) is 42.1 Å². The fraction of sp³-hybridized carbons (Fsp3) is 0.364. The minimum absolute atomic E-state index is 0.212. The molecule has 2 amide bonds. The third kappa shape index (κ3) is 6.18. The fourth-order valence-corrected chi connectivity index (χ4v) is 4.27. The van der Waals surface area contributed by atoms with E-state index in [4.69, 9.17) is 0 Å². The molecule has 9 heteroatoms. The Bertz CT molecular complexity index is 1010. The number of nitrogens with zero attached hydrogens (tertiary/aromatic N) is 3. The largest absolute Gasteiger partial charge is 0.352 e. The standard InChI is InChI=1S/C22H27N5O2S2/c1-15(2)14-27-19(25-26-22(27)30-3)11-6-12-23-20(28)16-8-4-5-9-17(16)24-21(29)18-10-7-13-31-18/h4-5,7-10,13,15H,6,11-12,14H2,1-3H3,(H,23,28)(H,24,29). The summed E-state index contributed by atoms with van der Waals surface area (Å²) < 4.78 is 2.16. The summed E-state index contributed by atoms with van der Waals surface area (Å²) in [5, 5.41) is 17.1. The number of benzene rings is 1. The highest BCUT2D eigenvalue weighted by molar-refractivity contribution is 7.98. The fourth-order valence-electron chi connectivity index (χ4n) is 3.13. The molecule has 0 saturated heterocycles. The molecule has 0 radical (unpaired) electrons. The van der Waals surface area contributed by atoms with E-state index in [1.165, 1.54) is 11.3 Å². The maximum atomic E-state index is 12.7. The van der Waals surface area contributed by atoms with Gasteiger partial charge in [-0.3, -0.25) is 9.59 Å². The Balaban J connectivity index is 1.56.